The minimum atomic E-state index is -0.731. The highest BCUT2D eigenvalue weighted by atomic mass is 79.9. The number of ether oxygens (including phenoxy) is 1. The first-order chi connectivity index (χ1) is 7.02. The third-order valence-corrected chi connectivity index (χ3v) is 3.16. The molecule has 5 heteroatoms. The fraction of sp³-hybridized carbons (Fsp3) is 0.400. The van der Waals surface area contributed by atoms with Gasteiger partial charge in [-0.05, 0) is 28.4 Å². The summed E-state index contributed by atoms with van der Waals surface area (Å²) in [5.41, 5.74) is 6.65. The Kier molecular flexibility index (Phi) is 4.07. The highest BCUT2D eigenvalue weighted by molar-refractivity contribution is 9.10. The Hall–Kier alpha value is -0.650. The average Bonchev–Trinajstić information content (AvgIpc) is 2.23. The maximum Gasteiger partial charge on any atom is 0.171 e. The molecule has 0 aromatic heterocycles. The summed E-state index contributed by atoms with van der Waals surface area (Å²) in [5, 5.41) is 8.89. The second kappa shape index (κ2) is 4.92. The lowest BCUT2D eigenvalue weighted by Gasteiger charge is -2.15. The van der Waals surface area contributed by atoms with E-state index >= 15 is 0 Å². The topological polar surface area (TPSA) is 55.5 Å². The quantitative estimate of drug-likeness (QED) is 0.887. The van der Waals surface area contributed by atoms with Gasteiger partial charge in [-0.1, -0.05) is 6.07 Å². The first kappa shape index (κ1) is 12.4. The van der Waals surface area contributed by atoms with Gasteiger partial charge in [0.05, 0.1) is 24.2 Å². The number of methoxy groups -OCH3 is 1. The van der Waals surface area contributed by atoms with Gasteiger partial charge in [-0.2, -0.15) is 0 Å². The lowest BCUT2D eigenvalue weighted by Crippen LogP contribution is -2.17. The summed E-state index contributed by atoms with van der Waals surface area (Å²) in [5.74, 6) is -0.412. The van der Waals surface area contributed by atoms with E-state index in [1.807, 2.05) is 0 Å². The van der Waals surface area contributed by atoms with Gasteiger partial charge in [0.2, 0.25) is 0 Å². The third kappa shape index (κ3) is 2.30. The SMILES string of the molecule is COc1c(F)c(C(N)CO)cc(C)c1Br. The number of aliphatic hydroxyl groups is 1. The van der Waals surface area contributed by atoms with Crippen molar-refractivity contribution in [1.29, 1.82) is 0 Å². The number of halogens is 2. The molecule has 15 heavy (non-hydrogen) atoms. The number of hydrogen-bond acceptors (Lipinski definition) is 3. The minimum Gasteiger partial charge on any atom is -0.492 e. The molecular formula is C10H13BrFNO2. The fourth-order valence-electron chi connectivity index (χ4n) is 1.31. The Labute approximate surface area is 96.2 Å². The van der Waals surface area contributed by atoms with Gasteiger partial charge in [-0.15, -0.1) is 0 Å². The lowest BCUT2D eigenvalue weighted by molar-refractivity contribution is 0.264. The molecule has 0 saturated carbocycles. The Morgan fingerprint density at radius 2 is 2.27 bits per heavy atom. The van der Waals surface area contributed by atoms with E-state index in [0.29, 0.717) is 4.47 Å². The molecule has 0 aliphatic rings. The Morgan fingerprint density at radius 3 is 2.73 bits per heavy atom. The van der Waals surface area contributed by atoms with E-state index in [1.165, 1.54) is 7.11 Å². The van der Waals surface area contributed by atoms with Gasteiger partial charge < -0.3 is 15.6 Å². The maximum atomic E-state index is 13.8. The molecule has 84 valence electrons. The molecule has 0 heterocycles. The van der Waals surface area contributed by atoms with Crippen LogP contribution in [0.15, 0.2) is 10.5 Å². The zero-order chi connectivity index (χ0) is 11.6. The Balaban J connectivity index is 3.36. The van der Waals surface area contributed by atoms with Crippen LogP contribution >= 0.6 is 15.9 Å². The van der Waals surface area contributed by atoms with E-state index in [4.69, 9.17) is 15.6 Å². The highest BCUT2D eigenvalue weighted by Crippen LogP contribution is 2.35. The number of hydrogen-bond donors (Lipinski definition) is 2. The molecule has 0 fully saturated rings. The van der Waals surface area contributed by atoms with E-state index in [1.54, 1.807) is 13.0 Å². The number of nitrogens with two attached hydrogens (primary N) is 1. The van der Waals surface area contributed by atoms with Crippen LogP contribution in [0.3, 0.4) is 0 Å². The smallest absolute Gasteiger partial charge is 0.171 e. The number of aryl methyl sites for hydroxylation is 1. The predicted octanol–water partition coefficient (Wildman–Crippen LogP) is 1.90. The van der Waals surface area contributed by atoms with Gasteiger partial charge in [-0.3, -0.25) is 0 Å². The Bertz CT molecular complexity index is 371. The van der Waals surface area contributed by atoms with Crippen LogP contribution in [-0.2, 0) is 0 Å². The van der Waals surface area contributed by atoms with Crippen LogP contribution in [0.1, 0.15) is 17.2 Å². The van der Waals surface area contributed by atoms with Crippen molar-refractivity contribution >= 4 is 15.9 Å². The normalized spacial score (nSPS) is 12.7. The molecule has 1 rings (SSSR count). The Morgan fingerprint density at radius 1 is 1.67 bits per heavy atom. The molecule has 0 bridgehead atoms. The molecular weight excluding hydrogens is 265 g/mol. The van der Waals surface area contributed by atoms with Crippen LogP contribution in [0.2, 0.25) is 0 Å². The third-order valence-electron chi connectivity index (χ3n) is 2.17. The standard InChI is InChI=1S/C10H13BrFNO2/c1-5-3-6(7(13)4-14)9(12)10(15-2)8(5)11/h3,7,14H,4,13H2,1-2H3. The van der Waals surface area contributed by atoms with Gasteiger partial charge in [0, 0.05) is 5.56 Å². The van der Waals surface area contributed by atoms with Crippen molar-refractivity contribution in [2.24, 2.45) is 5.73 Å². The van der Waals surface area contributed by atoms with Gasteiger partial charge in [0.15, 0.2) is 11.6 Å². The molecule has 0 amide bonds. The molecule has 0 spiro atoms. The van der Waals surface area contributed by atoms with E-state index < -0.39 is 11.9 Å². The minimum absolute atomic E-state index is 0.119. The van der Waals surface area contributed by atoms with Crippen LogP contribution in [0, 0.1) is 12.7 Å². The van der Waals surface area contributed by atoms with Crippen molar-refractivity contribution in [3.05, 3.63) is 27.5 Å². The summed E-state index contributed by atoms with van der Waals surface area (Å²) >= 11 is 3.23. The second-order valence-corrected chi connectivity index (χ2v) is 4.03. The van der Waals surface area contributed by atoms with Gasteiger partial charge in [0.1, 0.15) is 0 Å². The number of rotatable bonds is 3. The summed E-state index contributed by atoms with van der Waals surface area (Å²) in [6.07, 6.45) is 0. The summed E-state index contributed by atoms with van der Waals surface area (Å²) in [6, 6.07) is 0.869. The highest BCUT2D eigenvalue weighted by Gasteiger charge is 2.19. The van der Waals surface area contributed by atoms with E-state index in [-0.39, 0.29) is 17.9 Å². The monoisotopic (exact) mass is 277 g/mol. The summed E-state index contributed by atoms with van der Waals surface area (Å²) < 4.78 is 19.3. The molecule has 3 N–H and O–H groups in total. The number of benzene rings is 1. The van der Waals surface area contributed by atoms with Crippen molar-refractivity contribution < 1.29 is 14.2 Å². The van der Waals surface area contributed by atoms with Crippen LogP contribution < -0.4 is 10.5 Å². The van der Waals surface area contributed by atoms with Gasteiger partial charge >= 0.3 is 0 Å². The zero-order valence-corrected chi connectivity index (χ0v) is 10.1. The molecule has 0 aliphatic heterocycles. The van der Waals surface area contributed by atoms with E-state index in [0.717, 1.165) is 5.56 Å². The number of aliphatic hydroxyl groups excluding tert-OH is 1. The lowest BCUT2D eigenvalue weighted by atomic mass is 10.0. The predicted molar refractivity (Wildman–Crippen MR) is 59.4 cm³/mol. The molecule has 0 radical (unpaired) electrons. The second-order valence-electron chi connectivity index (χ2n) is 3.23. The molecule has 1 unspecified atom stereocenters. The summed E-state index contributed by atoms with van der Waals surface area (Å²) in [4.78, 5) is 0. The fourth-order valence-corrected chi connectivity index (χ4v) is 1.76. The van der Waals surface area contributed by atoms with Crippen LogP contribution in [0.25, 0.3) is 0 Å². The first-order valence-electron chi connectivity index (χ1n) is 4.41. The van der Waals surface area contributed by atoms with E-state index in [2.05, 4.69) is 15.9 Å². The van der Waals surface area contributed by atoms with Crippen molar-refractivity contribution in [1.82, 2.24) is 0 Å². The van der Waals surface area contributed by atoms with Gasteiger partial charge in [-0.25, -0.2) is 4.39 Å². The van der Waals surface area contributed by atoms with E-state index in [9.17, 15) is 4.39 Å². The van der Waals surface area contributed by atoms with Crippen molar-refractivity contribution in [2.75, 3.05) is 13.7 Å². The summed E-state index contributed by atoms with van der Waals surface area (Å²) in [7, 11) is 1.39. The molecule has 0 aliphatic carbocycles. The van der Waals surface area contributed by atoms with Crippen molar-refractivity contribution in [3.8, 4) is 5.75 Å². The largest absolute Gasteiger partial charge is 0.492 e. The molecule has 3 nitrogen and oxygen atoms in total. The molecule has 1 atom stereocenters. The van der Waals surface area contributed by atoms with Crippen molar-refractivity contribution in [3.63, 3.8) is 0 Å². The van der Waals surface area contributed by atoms with Gasteiger partial charge in [0.25, 0.3) is 0 Å². The van der Waals surface area contributed by atoms with Crippen LogP contribution in [0.5, 0.6) is 5.75 Å². The van der Waals surface area contributed by atoms with Crippen LogP contribution in [-0.4, -0.2) is 18.8 Å². The molecule has 1 aromatic carbocycles. The molecule has 0 saturated heterocycles. The average molecular weight is 278 g/mol. The zero-order valence-electron chi connectivity index (χ0n) is 8.55. The first-order valence-corrected chi connectivity index (χ1v) is 5.21. The maximum absolute atomic E-state index is 13.8. The summed E-state index contributed by atoms with van der Waals surface area (Å²) in [6.45, 7) is 1.50. The van der Waals surface area contributed by atoms with Crippen LogP contribution in [0.4, 0.5) is 4.39 Å². The van der Waals surface area contributed by atoms with Crippen molar-refractivity contribution in [2.45, 2.75) is 13.0 Å². The molecule has 1 aromatic rings.